The molecule has 0 saturated heterocycles. The van der Waals surface area contributed by atoms with Crippen LogP contribution in [0, 0.1) is 0 Å². The quantitative estimate of drug-likeness (QED) is 0.809. The Morgan fingerprint density at radius 3 is 2.71 bits per heavy atom. The Balaban J connectivity index is 2.81. The van der Waals surface area contributed by atoms with Gasteiger partial charge in [0.15, 0.2) is 11.1 Å². The second-order valence-corrected chi connectivity index (χ2v) is 4.72. The maximum atomic E-state index is 11.0. The first-order valence-corrected chi connectivity index (χ1v) is 5.87. The lowest BCUT2D eigenvalue weighted by molar-refractivity contribution is 0.565. The summed E-state index contributed by atoms with van der Waals surface area (Å²) < 4.78 is 21.0. The zero-order valence-corrected chi connectivity index (χ0v) is 9.51. The fourth-order valence-corrected chi connectivity index (χ4v) is 2.32. The van der Waals surface area contributed by atoms with Gasteiger partial charge in [-0.3, -0.25) is 0 Å². The molecule has 0 saturated carbocycles. The van der Waals surface area contributed by atoms with Crippen LogP contribution in [0.25, 0.3) is 10.8 Å². The molecule has 0 spiro atoms. The summed E-state index contributed by atoms with van der Waals surface area (Å²) in [6.07, 6.45) is 0. The molecule has 0 aliphatic heterocycles. The van der Waals surface area contributed by atoms with Crippen LogP contribution in [0.15, 0.2) is 45.8 Å². The molecular formula is C10H7BrO2S. The minimum Gasteiger partial charge on any atom is -0.302 e. The van der Waals surface area contributed by atoms with Gasteiger partial charge in [-0.15, -0.1) is 0 Å². The van der Waals surface area contributed by atoms with Gasteiger partial charge < -0.3 is 4.55 Å². The number of hydrogen-bond donors (Lipinski definition) is 1. The van der Waals surface area contributed by atoms with E-state index in [1.165, 1.54) is 0 Å². The van der Waals surface area contributed by atoms with Crippen molar-refractivity contribution >= 4 is 37.8 Å². The molecule has 0 aromatic heterocycles. The Bertz CT molecular complexity index is 510. The number of halogens is 1. The van der Waals surface area contributed by atoms with E-state index < -0.39 is 11.1 Å². The van der Waals surface area contributed by atoms with E-state index in [1.807, 2.05) is 24.3 Å². The summed E-state index contributed by atoms with van der Waals surface area (Å²) in [6.45, 7) is 0. The average molecular weight is 271 g/mol. The van der Waals surface area contributed by atoms with Crippen LogP contribution >= 0.6 is 15.9 Å². The minimum absolute atomic E-state index is 0.454. The predicted molar refractivity (Wildman–Crippen MR) is 60.7 cm³/mol. The highest BCUT2D eigenvalue weighted by atomic mass is 79.9. The van der Waals surface area contributed by atoms with E-state index in [-0.39, 0.29) is 0 Å². The second-order valence-electron chi connectivity index (χ2n) is 2.87. The molecule has 1 N–H and O–H groups in total. The fraction of sp³-hybridized carbons (Fsp3) is 0. The van der Waals surface area contributed by atoms with E-state index in [9.17, 15) is 4.21 Å². The molecule has 2 aromatic carbocycles. The van der Waals surface area contributed by atoms with Crippen LogP contribution in [0.3, 0.4) is 0 Å². The second kappa shape index (κ2) is 3.81. The van der Waals surface area contributed by atoms with Crippen molar-refractivity contribution in [1.82, 2.24) is 0 Å². The molecule has 14 heavy (non-hydrogen) atoms. The molecule has 0 radical (unpaired) electrons. The first-order valence-electron chi connectivity index (χ1n) is 3.97. The van der Waals surface area contributed by atoms with Crippen molar-refractivity contribution in [2.24, 2.45) is 0 Å². The van der Waals surface area contributed by atoms with E-state index in [0.717, 1.165) is 15.2 Å². The molecule has 0 aliphatic carbocycles. The molecule has 0 aliphatic rings. The van der Waals surface area contributed by atoms with Gasteiger partial charge in [0.2, 0.25) is 0 Å². The van der Waals surface area contributed by atoms with Gasteiger partial charge in [0, 0.05) is 9.86 Å². The molecule has 2 rings (SSSR count). The van der Waals surface area contributed by atoms with Crippen molar-refractivity contribution in [3.8, 4) is 0 Å². The Morgan fingerprint density at radius 1 is 1.21 bits per heavy atom. The van der Waals surface area contributed by atoms with Crippen molar-refractivity contribution in [2.45, 2.75) is 4.90 Å². The van der Waals surface area contributed by atoms with Crippen LogP contribution in [0.5, 0.6) is 0 Å². The van der Waals surface area contributed by atoms with Crippen molar-refractivity contribution in [3.63, 3.8) is 0 Å². The zero-order valence-electron chi connectivity index (χ0n) is 7.11. The molecule has 2 aromatic rings. The van der Waals surface area contributed by atoms with Gasteiger partial charge in [-0.05, 0) is 23.6 Å². The van der Waals surface area contributed by atoms with Gasteiger partial charge in [0.1, 0.15) is 0 Å². The van der Waals surface area contributed by atoms with Gasteiger partial charge in [-0.25, -0.2) is 4.21 Å². The van der Waals surface area contributed by atoms with Gasteiger partial charge in [-0.2, -0.15) is 0 Å². The van der Waals surface area contributed by atoms with Gasteiger partial charge in [0.05, 0.1) is 4.90 Å². The van der Waals surface area contributed by atoms with Gasteiger partial charge in [0.25, 0.3) is 0 Å². The molecular weight excluding hydrogens is 264 g/mol. The third kappa shape index (κ3) is 1.73. The van der Waals surface area contributed by atoms with Gasteiger partial charge in [-0.1, -0.05) is 34.1 Å². The predicted octanol–water partition coefficient (Wildman–Crippen LogP) is 3.18. The first kappa shape index (κ1) is 9.83. The van der Waals surface area contributed by atoms with Crippen LogP contribution in [-0.4, -0.2) is 8.76 Å². The monoisotopic (exact) mass is 270 g/mol. The van der Waals surface area contributed by atoms with Crippen molar-refractivity contribution < 1.29 is 8.76 Å². The van der Waals surface area contributed by atoms with Gasteiger partial charge >= 0.3 is 0 Å². The van der Waals surface area contributed by atoms with E-state index in [1.54, 1.807) is 12.1 Å². The van der Waals surface area contributed by atoms with Crippen LogP contribution in [0.2, 0.25) is 0 Å². The van der Waals surface area contributed by atoms with E-state index in [4.69, 9.17) is 4.55 Å². The first-order chi connectivity index (χ1) is 6.68. The molecule has 4 heteroatoms. The summed E-state index contributed by atoms with van der Waals surface area (Å²) in [4.78, 5) is 0.454. The maximum absolute atomic E-state index is 11.0. The molecule has 1 unspecified atom stereocenters. The summed E-state index contributed by atoms with van der Waals surface area (Å²) in [7, 11) is 0. The topological polar surface area (TPSA) is 37.3 Å². The third-order valence-corrected chi connectivity index (χ3v) is 3.22. The molecule has 0 fully saturated rings. The number of benzene rings is 2. The summed E-state index contributed by atoms with van der Waals surface area (Å²) in [5.74, 6) is 0. The summed E-state index contributed by atoms with van der Waals surface area (Å²) >= 11 is 1.43. The maximum Gasteiger partial charge on any atom is 0.187 e. The number of hydrogen-bond acceptors (Lipinski definition) is 1. The zero-order chi connectivity index (χ0) is 10.1. The smallest absolute Gasteiger partial charge is 0.187 e. The molecule has 1 atom stereocenters. The Kier molecular flexibility index (Phi) is 2.67. The highest BCUT2D eigenvalue weighted by Gasteiger charge is 2.05. The third-order valence-electron chi connectivity index (χ3n) is 1.99. The lowest BCUT2D eigenvalue weighted by atomic mass is 10.1. The Hall–Kier alpha value is -0.710. The molecule has 0 bridgehead atoms. The average Bonchev–Trinajstić information content (AvgIpc) is 2.16. The number of rotatable bonds is 1. The highest BCUT2D eigenvalue weighted by Crippen LogP contribution is 2.24. The Labute approximate surface area is 92.4 Å². The van der Waals surface area contributed by atoms with E-state index >= 15 is 0 Å². The van der Waals surface area contributed by atoms with Crippen LogP contribution in [-0.2, 0) is 11.1 Å². The molecule has 72 valence electrons. The van der Waals surface area contributed by atoms with Crippen molar-refractivity contribution in [2.75, 3.05) is 0 Å². The molecule has 0 amide bonds. The highest BCUT2D eigenvalue weighted by molar-refractivity contribution is 9.10. The number of fused-ring (bicyclic) bond motifs is 1. The minimum atomic E-state index is -1.93. The normalized spacial score (nSPS) is 13.0. The van der Waals surface area contributed by atoms with E-state index in [2.05, 4.69) is 15.9 Å². The van der Waals surface area contributed by atoms with Crippen LogP contribution < -0.4 is 0 Å². The van der Waals surface area contributed by atoms with Crippen molar-refractivity contribution in [1.29, 1.82) is 0 Å². The van der Waals surface area contributed by atoms with Crippen LogP contribution in [0.4, 0.5) is 0 Å². The SMILES string of the molecule is O=S(O)c1cccc2cc(Br)ccc12. The lowest BCUT2D eigenvalue weighted by Crippen LogP contribution is -1.89. The summed E-state index contributed by atoms with van der Waals surface area (Å²) in [5, 5.41) is 1.77. The summed E-state index contributed by atoms with van der Waals surface area (Å²) in [6, 6.07) is 11.0. The largest absolute Gasteiger partial charge is 0.302 e. The van der Waals surface area contributed by atoms with Crippen molar-refractivity contribution in [3.05, 3.63) is 40.9 Å². The van der Waals surface area contributed by atoms with E-state index in [0.29, 0.717) is 4.90 Å². The fourth-order valence-electron chi connectivity index (χ4n) is 1.38. The Morgan fingerprint density at radius 2 is 2.00 bits per heavy atom. The molecule has 0 heterocycles. The van der Waals surface area contributed by atoms with Crippen LogP contribution in [0.1, 0.15) is 0 Å². The molecule has 2 nitrogen and oxygen atoms in total. The lowest BCUT2D eigenvalue weighted by Gasteiger charge is -2.02. The standard InChI is InChI=1S/C10H7BrO2S/c11-8-4-5-9-7(6-8)2-1-3-10(9)14(12)13/h1-6H,(H,12,13). The summed E-state index contributed by atoms with van der Waals surface area (Å²) in [5.41, 5.74) is 0.